The topological polar surface area (TPSA) is 69.8 Å². The number of halogens is 3. The molecule has 1 radical (unpaired) electrons. The molecule has 1 amide bonds. The van der Waals surface area contributed by atoms with Crippen molar-refractivity contribution in [1.29, 1.82) is 0 Å². The lowest BCUT2D eigenvalue weighted by molar-refractivity contribution is -0.137. The first kappa shape index (κ1) is 19.8. The molecular formula is C20H18F3N4OS. The van der Waals surface area contributed by atoms with Crippen molar-refractivity contribution in [3.63, 3.8) is 0 Å². The van der Waals surface area contributed by atoms with Crippen LogP contribution in [0.25, 0.3) is 11.0 Å². The Morgan fingerprint density at radius 3 is 2.76 bits per heavy atom. The highest BCUT2D eigenvalue weighted by Gasteiger charge is 2.31. The summed E-state index contributed by atoms with van der Waals surface area (Å²) in [6, 6.07) is 10.0. The van der Waals surface area contributed by atoms with Gasteiger partial charge in [0, 0.05) is 24.1 Å². The molecule has 0 aliphatic carbocycles. The van der Waals surface area contributed by atoms with E-state index in [1.807, 2.05) is 24.0 Å². The SMILES string of the molecule is O=C(NCc1ccc2nc[nH]c2c1)[C@@H]1[CH]SCC(c2ccc(C(F)(F)F)cc2)N1. The van der Waals surface area contributed by atoms with E-state index in [1.54, 1.807) is 6.33 Å². The fourth-order valence-corrected chi connectivity index (χ4v) is 4.17. The third-order valence-electron chi connectivity index (χ3n) is 4.75. The molecule has 0 bridgehead atoms. The van der Waals surface area contributed by atoms with E-state index in [4.69, 9.17) is 0 Å². The zero-order valence-electron chi connectivity index (χ0n) is 15.2. The molecule has 1 aliphatic heterocycles. The maximum absolute atomic E-state index is 12.7. The van der Waals surface area contributed by atoms with Crippen LogP contribution >= 0.6 is 11.8 Å². The molecule has 4 rings (SSSR count). The molecule has 3 N–H and O–H groups in total. The van der Waals surface area contributed by atoms with Crippen LogP contribution in [0.4, 0.5) is 13.2 Å². The first-order chi connectivity index (χ1) is 13.9. The normalized spacial score (nSPS) is 20.0. The Bertz CT molecular complexity index is 1000. The predicted octanol–water partition coefficient (Wildman–Crippen LogP) is 3.81. The van der Waals surface area contributed by atoms with E-state index in [9.17, 15) is 18.0 Å². The van der Waals surface area contributed by atoms with Gasteiger partial charge in [0.25, 0.3) is 0 Å². The Kier molecular flexibility index (Phi) is 5.51. The van der Waals surface area contributed by atoms with Crippen LogP contribution in [0.2, 0.25) is 0 Å². The highest BCUT2D eigenvalue weighted by atomic mass is 32.2. The summed E-state index contributed by atoms with van der Waals surface area (Å²) in [5, 5.41) is 6.10. The van der Waals surface area contributed by atoms with Gasteiger partial charge in [0.15, 0.2) is 0 Å². The van der Waals surface area contributed by atoms with Crippen LogP contribution in [-0.2, 0) is 17.5 Å². The number of thioether (sulfide) groups is 1. The van der Waals surface area contributed by atoms with Crippen molar-refractivity contribution in [2.75, 3.05) is 5.75 Å². The van der Waals surface area contributed by atoms with E-state index in [0.717, 1.165) is 34.3 Å². The van der Waals surface area contributed by atoms with Gasteiger partial charge in [-0.3, -0.25) is 10.1 Å². The number of imidazole rings is 1. The Labute approximate surface area is 169 Å². The van der Waals surface area contributed by atoms with Gasteiger partial charge >= 0.3 is 6.18 Å². The number of nitrogens with zero attached hydrogens (tertiary/aromatic N) is 1. The Balaban J connectivity index is 1.36. The average molecular weight is 419 g/mol. The molecule has 151 valence electrons. The van der Waals surface area contributed by atoms with Crippen molar-refractivity contribution in [1.82, 2.24) is 20.6 Å². The van der Waals surface area contributed by atoms with Crippen molar-refractivity contribution < 1.29 is 18.0 Å². The van der Waals surface area contributed by atoms with E-state index in [-0.39, 0.29) is 11.9 Å². The van der Waals surface area contributed by atoms with Gasteiger partial charge in [0.1, 0.15) is 6.04 Å². The van der Waals surface area contributed by atoms with Crippen LogP contribution in [0.15, 0.2) is 48.8 Å². The number of nitrogens with one attached hydrogen (secondary N) is 3. The van der Waals surface area contributed by atoms with Crippen LogP contribution in [0.5, 0.6) is 0 Å². The number of aromatic nitrogens is 2. The zero-order valence-corrected chi connectivity index (χ0v) is 16.0. The van der Waals surface area contributed by atoms with Gasteiger partial charge in [0.05, 0.1) is 22.9 Å². The molecule has 2 heterocycles. The summed E-state index contributed by atoms with van der Waals surface area (Å²) < 4.78 is 38.2. The molecule has 1 saturated heterocycles. The summed E-state index contributed by atoms with van der Waals surface area (Å²) in [6.07, 6.45) is -2.74. The Morgan fingerprint density at radius 1 is 1.21 bits per heavy atom. The number of H-pyrrole nitrogens is 1. The quantitative estimate of drug-likeness (QED) is 0.602. The molecule has 1 fully saturated rings. The zero-order chi connectivity index (χ0) is 20.4. The number of hydrogen-bond acceptors (Lipinski definition) is 4. The maximum Gasteiger partial charge on any atom is 0.416 e. The van der Waals surface area contributed by atoms with Crippen molar-refractivity contribution >= 4 is 28.7 Å². The molecule has 5 nitrogen and oxygen atoms in total. The Morgan fingerprint density at radius 2 is 2.00 bits per heavy atom. The molecule has 1 aliphatic rings. The minimum atomic E-state index is -4.36. The fourth-order valence-electron chi connectivity index (χ4n) is 3.18. The number of rotatable bonds is 4. The summed E-state index contributed by atoms with van der Waals surface area (Å²) in [5.74, 6) is 2.28. The standard InChI is InChI=1S/C20H18F3N4OS/c21-20(22,23)14-4-2-13(3-5-14)17-9-29-10-18(27-17)19(28)24-8-12-1-6-15-16(7-12)26-11-25-15/h1-7,10-11,17-18,27H,8-9H2,(H,24,28)(H,25,26)/t17?,18-/m0/s1. The maximum atomic E-state index is 12.7. The first-order valence-corrected chi connectivity index (χ1v) is 10.0. The number of benzene rings is 2. The second kappa shape index (κ2) is 8.08. The highest BCUT2D eigenvalue weighted by molar-refractivity contribution is 8.01. The lowest BCUT2D eigenvalue weighted by Crippen LogP contribution is -2.48. The third-order valence-corrected chi connectivity index (χ3v) is 5.74. The first-order valence-electron chi connectivity index (χ1n) is 8.98. The molecule has 2 aromatic carbocycles. The second-order valence-electron chi connectivity index (χ2n) is 6.76. The van der Waals surface area contributed by atoms with Crippen LogP contribution in [0, 0.1) is 5.75 Å². The number of alkyl halides is 3. The van der Waals surface area contributed by atoms with Crippen LogP contribution in [-0.4, -0.2) is 27.7 Å². The molecule has 3 aromatic rings. The summed E-state index contributed by atoms with van der Waals surface area (Å²) in [6.45, 7) is 0.370. The second-order valence-corrected chi connectivity index (χ2v) is 7.70. The van der Waals surface area contributed by atoms with E-state index in [0.29, 0.717) is 12.3 Å². The minimum absolute atomic E-state index is 0.182. The number of fused-ring (bicyclic) bond motifs is 1. The van der Waals surface area contributed by atoms with E-state index < -0.39 is 17.8 Å². The molecule has 2 atom stereocenters. The molecule has 1 unspecified atom stereocenters. The van der Waals surface area contributed by atoms with Crippen LogP contribution in [0.3, 0.4) is 0 Å². The van der Waals surface area contributed by atoms with Crippen LogP contribution in [0.1, 0.15) is 22.7 Å². The van der Waals surface area contributed by atoms with Crippen molar-refractivity contribution in [3.05, 3.63) is 71.2 Å². The van der Waals surface area contributed by atoms with E-state index in [2.05, 4.69) is 20.6 Å². The summed E-state index contributed by atoms with van der Waals surface area (Å²) in [5.41, 5.74) is 2.74. The lowest BCUT2D eigenvalue weighted by Gasteiger charge is -2.30. The van der Waals surface area contributed by atoms with E-state index in [1.165, 1.54) is 23.9 Å². The molecule has 0 saturated carbocycles. The van der Waals surface area contributed by atoms with Gasteiger partial charge in [-0.05, 0) is 35.4 Å². The van der Waals surface area contributed by atoms with Crippen LogP contribution < -0.4 is 10.6 Å². The minimum Gasteiger partial charge on any atom is -0.351 e. The van der Waals surface area contributed by atoms with Crippen molar-refractivity contribution in [3.8, 4) is 0 Å². The lowest BCUT2D eigenvalue weighted by atomic mass is 10.0. The fraction of sp³-hybridized carbons (Fsp3) is 0.250. The molecule has 29 heavy (non-hydrogen) atoms. The summed E-state index contributed by atoms with van der Waals surface area (Å²) >= 11 is 1.48. The molecular weight excluding hydrogens is 401 g/mol. The number of carbonyl (C=O) groups excluding carboxylic acids is 1. The van der Waals surface area contributed by atoms with Gasteiger partial charge in [-0.25, -0.2) is 4.98 Å². The van der Waals surface area contributed by atoms with E-state index >= 15 is 0 Å². The number of carbonyl (C=O) groups is 1. The largest absolute Gasteiger partial charge is 0.416 e. The van der Waals surface area contributed by atoms with Crippen molar-refractivity contribution in [2.24, 2.45) is 0 Å². The summed E-state index contributed by atoms with van der Waals surface area (Å²) in [7, 11) is 0. The third kappa shape index (κ3) is 4.56. The van der Waals surface area contributed by atoms with Gasteiger partial charge in [-0.2, -0.15) is 24.9 Å². The number of hydrogen-bond donors (Lipinski definition) is 3. The van der Waals surface area contributed by atoms with Gasteiger partial charge < -0.3 is 10.3 Å². The predicted molar refractivity (Wildman–Crippen MR) is 106 cm³/mol. The van der Waals surface area contributed by atoms with Crippen molar-refractivity contribution in [2.45, 2.75) is 24.8 Å². The summed E-state index contributed by atoms with van der Waals surface area (Å²) in [4.78, 5) is 19.8. The molecule has 9 heteroatoms. The number of aromatic amines is 1. The van der Waals surface area contributed by atoms with Gasteiger partial charge in [0.2, 0.25) is 5.91 Å². The molecule has 1 aromatic heterocycles. The smallest absolute Gasteiger partial charge is 0.351 e. The number of amides is 1. The molecule has 0 spiro atoms. The van der Waals surface area contributed by atoms with Gasteiger partial charge in [-0.1, -0.05) is 18.2 Å². The average Bonchev–Trinajstić information content (AvgIpc) is 3.19. The van der Waals surface area contributed by atoms with Gasteiger partial charge in [-0.15, -0.1) is 0 Å². The monoisotopic (exact) mass is 419 g/mol. The highest BCUT2D eigenvalue weighted by Crippen LogP contribution is 2.32. The Hall–Kier alpha value is -2.52.